The van der Waals surface area contributed by atoms with Crippen LogP contribution >= 0.6 is 0 Å². The summed E-state index contributed by atoms with van der Waals surface area (Å²) >= 11 is 0. The van der Waals surface area contributed by atoms with Gasteiger partial charge >= 0.3 is 0 Å². The number of rotatable bonds is 1. The monoisotopic (exact) mass is 270 g/mol. The van der Waals surface area contributed by atoms with E-state index in [0.717, 1.165) is 29.6 Å². The molecule has 0 aromatic heterocycles. The minimum Gasteiger partial charge on any atom is -0.0850 e. The predicted molar refractivity (Wildman–Crippen MR) is 87.4 cm³/mol. The van der Waals surface area contributed by atoms with Crippen molar-refractivity contribution in [3.8, 4) is 0 Å². The van der Waals surface area contributed by atoms with E-state index in [2.05, 4.69) is 52.8 Å². The Morgan fingerprint density at radius 2 is 1.90 bits per heavy atom. The molecule has 0 saturated heterocycles. The Kier molecular flexibility index (Phi) is 3.69. The van der Waals surface area contributed by atoms with Crippen LogP contribution in [0.25, 0.3) is 0 Å². The van der Waals surface area contributed by atoms with Crippen LogP contribution in [0.3, 0.4) is 0 Å². The number of allylic oxidation sites excluding steroid dienone is 6. The van der Waals surface area contributed by atoms with E-state index in [9.17, 15) is 0 Å². The number of hydrogen-bond acceptors (Lipinski definition) is 0. The topological polar surface area (TPSA) is 0 Å². The van der Waals surface area contributed by atoms with Crippen LogP contribution in [0.1, 0.15) is 53.9 Å². The van der Waals surface area contributed by atoms with Gasteiger partial charge in [0.2, 0.25) is 0 Å². The van der Waals surface area contributed by atoms with Crippen molar-refractivity contribution in [2.24, 2.45) is 35.5 Å². The largest absolute Gasteiger partial charge is 0.0850 e. The Labute approximate surface area is 125 Å². The zero-order valence-corrected chi connectivity index (χ0v) is 13.8. The average Bonchev–Trinajstić information content (AvgIpc) is 2.36. The normalized spacial score (nSPS) is 43.2. The van der Waals surface area contributed by atoms with Crippen molar-refractivity contribution in [2.45, 2.75) is 53.9 Å². The molecule has 0 N–H and O–H groups in total. The quantitative estimate of drug-likeness (QED) is 0.530. The van der Waals surface area contributed by atoms with Gasteiger partial charge in [-0.2, -0.15) is 0 Å². The smallest absolute Gasteiger partial charge is 0.00201 e. The Morgan fingerprint density at radius 1 is 1.15 bits per heavy atom. The molecular formula is C20H30. The zero-order valence-electron chi connectivity index (χ0n) is 13.8. The van der Waals surface area contributed by atoms with Gasteiger partial charge in [0.15, 0.2) is 0 Å². The maximum Gasteiger partial charge on any atom is 0.00201 e. The highest BCUT2D eigenvalue weighted by atomic mass is 14.5. The van der Waals surface area contributed by atoms with Crippen LogP contribution in [0, 0.1) is 35.5 Å². The lowest BCUT2D eigenvalue weighted by Crippen LogP contribution is -2.45. The van der Waals surface area contributed by atoms with E-state index < -0.39 is 0 Å². The van der Waals surface area contributed by atoms with Crippen LogP contribution in [-0.4, -0.2) is 0 Å². The third-order valence-corrected chi connectivity index (χ3v) is 6.26. The Hall–Kier alpha value is -0.780. The number of hydrogen-bond donors (Lipinski definition) is 0. The molecule has 0 heterocycles. The van der Waals surface area contributed by atoms with E-state index in [1.165, 1.54) is 24.8 Å². The standard InChI is InChI=1S/C20H30/c1-12(2)10-16-11-15(5)18-8-6-13(3)17-9-7-14(4)19(16)20(17)18/h7,10-11,13,16-20H,6,8-9H2,1-5H3/t13-,16-,17-,18+,19-,20-/m1/s1. The molecule has 110 valence electrons. The van der Waals surface area contributed by atoms with Crippen LogP contribution in [0.5, 0.6) is 0 Å². The lowest BCUT2D eigenvalue weighted by Gasteiger charge is -2.53. The Morgan fingerprint density at radius 3 is 2.60 bits per heavy atom. The van der Waals surface area contributed by atoms with Gasteiger partial charge in [-0.25, -0.2) is 0 Å². The maximum atomic E-state index is 2.59. The summed E-state index contributed by atoms with van der Waals surface area (Å²) in [6.07, 6.45) is 11.9. The highest BCUT2D eigenvalue weighted by molar-refractivity contribution is 5.29. The highest BCUT2D eigenvalue weighted by Crippen LogP contribution is 2.56. The molecule has 0 nitrogen and oxygen atoms in total. The predicted octanol–water partition coefficient (Wildman–Crippen LogP) is 5.77. The lowest BCUT2D eigenvalue weighted by atomic mass is 9.52. The molecule has 0 aromatic rings. The van der Waals surface area contributed by atoms with Gasteiger partial charge in [-0.1, -0.05) is 41.9 Å². The molecule has 1 saturated carbocycles. The lowest BCUT2D eigenvalue weighted by molar-refractivity contribution is 0.0525. The van der Waals surface area contributed by atoms with Crippen LogP contribution in [0.4, 0.5) is 0 Å². The highest BCUT2D eigenvalue weighted by Gasteiger charge is 2.47. The second-order valence-electron chi connectivity index (χ2n) is 7.84. The SMILES string of the molecule is CC(C)=C[C@@H]1C=C(C)[C@@H]2CC[C@@H](C)[C@H]3CC=C(C)[C@H]1[C@H]32. The summed E-state index contributed by atoms with van der Waals surface area (Å²) in [7, 11) is 0. The van der Waals surface area contributed by atoms with Crippen molar-refractivity contribution in [3.63, 3.8) is 0 Å². The van der Waals surface area contributed by atoms with Gasteiger partial charge in [-0.3, -0.25) is 0 Å². The van der Waals surface area contributed by atoms with E-state index in [1.54, 1.807) is 11.1 Å². The van der Waals surface area contributed by atoms with E-state index in [4.69, 9.17) is 0 Å². The fourth-order valence-electron chi connectivity index (χ4n) is 5.35. The molecule has 0 aromatic carbocycles. The summed E-state index contributed by atoms with van der Waals surface area (Å²) in [5.74, 6) is 5.05. The molecule has 0 heteroatoms. The molecule has 3 aliphatic rings. The molecule has 20 heavy (non-hydrogen) atoms. The van der Waals surface area contributed by atoms with E-state index >= 15 is 0 Å². The molecule has 0 bridgehead atoms. The van der Waals surface area contributed by atoms with Crippen molar-refractivity contribution < 1.29 is 0 Å². The van der Waals surface area contributed by atoms with E-state index in [1.807, 2.05) is 0 Å². The van der Waals surface area contributed by atoms with Gasteiger partial charge in [0.1, 0.15) is 0 Å². The van der Waals surface area contributed by atoms with Crippen molar-refractivity contribution in [3.05, 3.63) is 34.9 Å². The summed E-state index contributed by atoms with van der Waals surface area (Å²) < 4.78 is 0. The third kappa shape index (κ3) is 2.22. The summed E-state index contributed by atoms with van der Waals surface area (Å²) in [5, 5.41) is 0. The maximum absolute atomic E-state index is 2.59. The Bertz CT molecular complexity index is 472. The zero-order chi connectivity index (χ0) is 14.4. The second-order valence-corrected chi connectivity index (χ2v) is 7.84. The van der Waals surface area contributed by atoms with Gasteiger partial charge in [-0.15, -0.1) is 0 Å². The summed E-state index contributed by atoms with van der Waals surface area (Å²) in [4.78, 5) is 0. The molecule has 0 radical (unpaired) electrons. The van der Waals surface area contributed by atoms with Crippen LogP contribution < -0.4 is 0 Å². The molecule has 0 amide bonds. The van der Waals surface area contributed by atoms with Gasteiger partial charge in [0, 0.05) is 5.92 Å². The molecule has 0 spiro atoms. The third-order valence-electron chi connectivity index (χ3n) is 6.26. The second kappa shape index (κ2) is 5.20. The first-order valence-corrected chi connectivity index (χ1v) is 8.49. The van der Waals surface area contributed by atoms with Crippen LogP contribution in [-0.2, 0) is 0 Å². The fourth-order valence-corrected chi connectivity index (χ4v) is 5.35. The molecule has 6 atom stereocenters. The molecule has 1 fully saturated rings. The molecule has 3 aliphatic carbocycles. The molecule has 3 rings (SSSR count). The molecular weight excluding hydrogens is 240 g/mol. The average molecular weight is 270 g/mol. The summed E-state index contributed by atoms with van der Waals surface area (Å²) in [6.45, 7) is 11.8. The van der Waals surface area contributed by atoms with Crippen LogP contribution in [0.2, 0.25) is 0 Å². The first-order chi connectivity index (χ1) is 9.49. The van der Waals surface area contributed by atoms with Crippen molar-refractivity contribution >= 4 is 0 Å². The summed E-state index contributed by atoms with van der Waals surface area (Å²) in [6, 6.07) is 0. The van der Waals surface area contributed by atoms with Gasteiger partial charge in [-0.05, 0) is 76.5 Å². The first-order valence-electron chi connectivity index (χ1n) is 8.49. The molecule has 0 unspecified atom stereocenters. The van der Waals surface area contributed by atoms with Gasteiger partial charge < -0.3 is 0 Å². The van der Waals surface area contributed by atoms with Crippen LogP contribution in [0.15, 0.2) is 34.9 Å². The van der Waals surface area contributed by atoms with Crippen molar-refractivity contribution in [2.75, 3.05) is 0 Å². The summed E-state index contributed by atoms with van der Waals surface area (Å²) in [5.41, 5.74) is 4.81. The van der Waals surface area contributed by atoms with Crippen molar-refractivity contribution in [1.29, 1.82) is 0 Å². The van der Waals surface area contributed by atoms with Gasteiger partial charge in [0.25, 0.3) is 0 Å². The van der Waals surface area contributed by atoms with Crippen molar-refractivity contribution in [1.82, 2.24) is 0 Å². The minimum atomic E-state index is 0.644. The van der Waals surface area contributed by atoms with E-state index in [-0.39, 0.29) is 0 Å². The first kappa shape index (κ1) is 14.2. The Balaban J connectivity index is 2.06. The minimum absolute atomic E-state index is 0.644. The fraction of sp³-hybridized carbons (Fsp3) is 0.700. The van der Waals surface area contributed by atoms with E-state index in [0.29, 0.717) is 5.92 Å². The molecule has 0 aliphatic heterocycles. The van der Waals surface area contributed by atoms with Gasteiger partial charge in [0.05, 0.1) is 0 Å².